The van der Waals surface area contributed by atoms with E-state index in [9.17, 15) is 0 Å². The summed E-state index contributed by atoms with van der Waals surface area (Å²) in [5.74, 6) is 0.0486. The van der Waals surface area contributed by atoms with Gasteiger partial charge in [-0.05, 0) is 30.9 Å². The molecule has 0 saturated carbocycles. The molecule has 0 atom stereocenters. The highest BCUT2D eigenvalue weighted by atomic mass is 16.4. The molecule has 1 aromatic rings. The van der Waals surface area contributed by atoms with Crippen molar-refractivity contribution in [2.24, 2.45) is 10.9 Å². The first kappa shape index (κ1) is 15.4. The molecule has 0 aliphatic carbocycles. The van der Waals surface area contributed by atoms with Crippen LogP contribution in [0.25, 0.3) is 0 Å². The van der Waals surface area contributed by atoms with Crippen LogP contribution in [0, 0.1) is 0 Å². The highest BCUT2D eigenvalue weighted by Gasteiger charge is 2.23. The van der Waals surface area contributed by atoms with Crippen LogP contribution in [0.15, 0.2) is 23.5 Å². The fraction of sp³-hybridized carbons (Fsp3) is 0.571. The van der Waals surface area contributed by atoms with Crippen LogP contribution in [0.4, 0.5) is 0 Å². The van der Waals surface area contributed by atoms with Gasteiger partial charge in [-0.1, -0.05) is 32.0 Å². The fourth-order valence-corrected chi connectivity index (χ4v) is 2.27. The van der Waals surface area contributed by atoms with Gasteiger partial charge in [-0.25, -0.2) is 0 Å². The molecule has 0 spiro atoms. The van der Waals surface area contributed by atoms with Gasteiger partial charge in [0, 0.05) is 18.3 Å². The predicted octanol–water partition coefficient (Wildman–Crippen LogP) is 2.23. The minimum Gasteiger partial charge on any atom is -0.409 e. The maximum Gasteiger partial charge on any atom is 0.189 e. The molecule has 0 unspecified atom stereocenters. The quantitative estimate of drug-likeness (QED) is 0.305. The van der Waals surface area contributed by atoms with Crippen molar-refractivity contribution in [2.45, 2.75) is 52.1 Å². The third-order valence-electron chi connectivity index (χ3n) is 3.93. The molecule has 1 aromatic heterocycles. The molecule has 5 heteroatoms. The van der Waals surface area contributed by atoms with Crippen molar-refractivity contribution >= 4 is 5.84 Å². The third-order valence-corrected chi connectivity index (χ3v) is 3.93. The van der Waals surface area contributed by atoms with Gasteiger partial charge in [-0.15, -0.1) is 0 Å². The van der Waals surface area contributed by atoms with Crippen LogP contribution in [0.3, 0.4) is 0 Å². The molecule has 0 amide bonds. The lowest BCUT2D eigenvalue weighted by atomic mass is 9.89. The second-order valence-electron chi connectivity index (χ2n) is 4.69. The lowest BCUT2D eigenvalue weighted by Crippen LogP contribution is -2.43. The van der Waals surface area contributed by atoms with E-state index in [1.165, 1.54) is 0 Å². The number of hydrogen-bond donors (Lipinski definition) is 3. The van der Waals surface area contributed by atoms with Gasteiger partial charge in [0.2, 0.25) is 0 Å². The molecule has 0 bridgehead atoms. The van der Waals surface area contributed by atoms with E-state index in [-0.39, 0.29) is 11.4 Å². The van der Waals surface area contributed by atoms with Crippen molar-refractivity contribution in [2.75, 3.05) is 0 Å². The molecule has 0 fully saturated rings. The molecule has 106 valence electrons. The standard InChI is InChI=1S/C14H24N4O/c1-4-14(5-2,6-3)17-10-11-8-7-9-16-12(11)13(15)18-19/h7-9,17,19H,4-6,10H2,1-3H3,(H2,15,18). The Bertz CT molecular complexity index is 419. The van der Waals surface area contributed by atoms with Crippen LogP contribution < -0.4 is 11.1 Å². The first-order chi connectivity index (χ1) is 9.12. The van der Waals surface area contributed by atoms with Gasteiger partial charge in [-0.3, -0.25) is 4.98 Å². The van der Waals surface area contributed by atoms with Crippen molar-refractivity contribution in [1.82, 2.24) is 10.3 Å². The number of oxime groups is 1. The summed E-state index contributed by atoms with van der Waals surface area (Å²) in [6.45, 7) is 7.23. The van der Waals surface area contributed by atoms with Gasteiger partial charge in [0.1, 0.15) is 5.69 Å². The van der Waals surface area contributed by atoms with Crippen LogP contribution in [-0.2, 0) is 6.54 Å². The van der Waals surface area contributed by atoms with E-state index in [1.54, 1.807) is 6.20 Å². The number of nitrogens with zero attached hydrogens (tertiary/aromatic N) is 2. The number of amidine groups is 1. The maximum absolute atomic E-state index is 8.78. The van der Waals surface area contributed by atoms with Crippen LogP contribution in [0.2, 0.25) is 0 Å². The number of pyridine rings is 1. The first-order valence-corrected chi connectivity index (χ1v) is 6.79. The second-order valence-corrected chi connectivity index (χ2v) is 4.69. The van der Waals surface area contributed by atoms with E-state index in [2.05, 4.69) is 36.2 Å². The largest absolute Gasteiger partial charge is 0.409 e. The summed E-state index contributed by atoms with van der Waals surface area (Å²) in [7, 11) is 0. The summed E-state index contributed by atoms with van der Waals surface area (Å²) < 4.78 is 0. The minimum atomic E-state index is 0.0486. The summed E-state index contributed by atoms with van der Waals surface area (Å²) in [6, 6.07) is 3.80. The lowest BCUT2D eigenvalue weighted by molar-refractivity contribution is 0.288. The fourth-order valence-electron chi connectivity index (χ4n) is 2.27. The highest BCUT2D eigenvalue weighted by molar-refractivity contribution is 5.96. The van der Waals surface area contributed by atoms with E-state index < -0.39 is 0 Å². The number of nitrogens with two attached hydrogens (primary N) is 1. The Balaban J connectivity index is 2.89. The van der Waals surface area contributed by atoms with E-state index in [1.807, 2.05) is 12.1 Å². The molecule has 0 radical (unpaired) electrons. The molecule has 5 nitrogen and oxygen atoms in total. The minimum absolute atomic E-state index is 0.0486. The van der Waals surface area contributed by atoms with Crippen LogP contribution in [0.1, 0.15) is 51.3 Å². The van der Waals surface area contributed by atoms with Gasteiger partial charge in [0.05, 0.1) is 0 Å². The van der Waals surface area contributed by atoms with Gasteiger partial charge in [0.25, 0.3) is 0 Å². The predicted molar refractivity (Wildman–Crippen MR) is 77.2 cm³/mol. The zero-order chi connectivity index (χ0) is 14.3. The Labute approximate surface area is 114 Å². The average Bonchev–Trinajstić information content (AvgIpc) is 2.49. The van der Waals surface area contributed by atoms with Gasteiger partial charge >= 0.3 is 0 Å². The normalized spacial score (nSPS) is 12.7. The van der Waals surface area contributed by atoms with Crippen molar-refractivity contribution in [3.63, 3.8) is 0 Å². The Morgan fingerprint density at radius 1 is 1.37 bits per heavy atom. The number of hydrogen-bond acceptors (Lipinski definition) is 4. The van der Waals surface area contributed by atoms with Crippen LogP contribution >= 0.6 is 0 Å². The monoisotopic (exact) mass is 264 g/mol. The maximum atomic E-state index is 8.78. The molecular weight excluding hydrogens is 240 g/mol. The molecule has 4 N–H and O–H groups in total. The Morgan fingerprint density at radius 2 is 2.00 bits per heavy atom. The molecule has 0 aliphatic rings. The summed E-state index contributed by atoms with van der Waals surface area (Å²) >= 11 is 0. The summed E-state index contributed by atoms with van der Waals surface area (Å²) in [6.07, 6.45) is 4.85. The lowest BCUT2D eigenvalue weighted by Gasteiger charge is -2.32. The SMILES string of the molecule is CCC(CC)(CC)NCc1cccnc1C(N)=NO. The molecule has 0 aromatic carbocycles. The highest BCUT2D eigenvalue weighted by Crippen LogP contribution is 2.20. The summed E-state index contributed by atoms with van der Waals surface area (Å²) in [5.41, 5.74) is 7.26. The molecule has 1 heterocycles. The van der Waals surface area contributed by atoms with Crippen LogP contribution in [-0.4, -0.2) is 21.6 Å². The first-order valence-electron chi connectivity index (χ1n) is 6.79. The molecule has 0 saturated heterocycles. The molecule has 1 rings (SSSR count). The molecule has 0 aliphatic heterocycles. The van der Waals surface area contributed by atoms with E-state index in [0.717, 1.165) is 24.8 Å². The number of rotatable bonds is 7. The summed E-state index contributed by atoms with van der Waals surface area (Å²) in [4.78, 5) is 4.17. The number of nitrogens with one attached hydrogen (secondary N) is 1. The van der Waals surface area contributed by atoms with Gasteiger partial charge in [0.15, 0.2) is 5.84 Å². The van der Waals surface area contributed by atoms with Crippen molar-refractivity contribution in [3.05, 3.63) is 29.6 Å². The zero-order valence-electron chi connectivity index (χ0n) is 12.0. The zero-order valence-corrected chi connectivity index (χ0v) is 12.0. The Kier molecular flexibility index (Phi) is 5.76. The Morgan fingerprint density at radius 3 is 2.53 bits per heavy atom. The van der Waals surface area contributed by atoms with Crippen molar-refractivity contribution < 1.29 is 5.21 Å². The Hall–Kier alpha value is -1.62. The van der Waals surface area contributed by atoms with Crippen molar-refractivity contribution in [3.8, 4) is 0 Å². The van der Waals surface area contributed by atoms with Crippen LogP contribution in [0.5, 0.6) is 0 Å². The second kappa shape index (κ2) is 7.09. The average molecular weight is 264 g/mol. The summed E-state index contributed by atoms with van der Waals surface area (Å²) in [5, 5.41) is 15.4. The molecular formula is C14H24N4O. The van der Waals surface area contributed by atoms with Gasteiger partial charge in [-0.2, -0.15) is 0 Å². The number of aromatic nitrogens is 1. The molecule has 19 heavy (non-hydrogen) atoms. The van der Waals surface area contributed by atoms with E-state index >= 15 is 0 Å². The van der Waals surface area contributed by atoms with E-state index in [0.29, 0.717) is 12.2 Å². The smallest absolute Gasteiger partial charge is 0.189 e. The van der Waals surface area contributed by atoms with E-state index in [4.69, 9.17) is 10.9 Å². The van der Waals surface area contributed by atoms with Crippen molar-refractivity contribution in [1.29, 1.82) is 0 Å². The third kappa shape index (κ3) is 3.67. The van der Waals surface area contributed by atoms with Gasteiger partial charge < -0.3 is 16.3 Å². The topological polar surface area (TPSA) is 83.5 Å².